The normalized spacial score (nSPS) is 12.5. The molecule has 0 aliphatic rings. The lowest BCUT2D eigenvalue weighted by molar-refractivity contribution is -0.163. The van der Waals surface area contributed by atoms with Gasteiger partial charge in [-0.15, -0.1) is 0 Å². The first-order valence-electron chi connectivity index (χ1n) is 6.63. The minimum atomic E-state index is -5.20. The Labute approximate surface area is 137 Å². The number of imidazole rings is 1. The Morgan fingerprint density at radius 3 is 2.17 bits per heavy atom. The number of benzene rings is 1. The van der Waals surface area contributed by atoms with E-state index >= 15 is 0 Å². The third kappa shape index (κ3) is 3.74. The van der Waals surface area contributed by atoms with Crippen molar-refractivity contribution in [2.75, 3.05) is 7.11 Å². The third-order valence-corrected chi connectivity index (χ3v) is 3.74. The lowest BCUT2D eigenvalue weighted by Gasteiger charge is -2.21. The van der Waals surface area contributed by atoms with Gasteiger partial charge in [0, 0.05) is 18.9 Å². The summed E-state index contributed by atoms with van der Waals surface area (Å²) < 4.78 is 85.7. The van der Waals surface area contributed by atoms with Crippen molar-refractivity contribution in [3.05, 3.63) is 46.0 Å². The number of aryl methyl sites for hydroxylation is 2. The smallest absolute Gasteiger partial charge is 0.420 e. The number of halogens is 6. The molecule has 2 rings (SSSR count). The Balaban J connectivity index is 2.55. The summed E-state index contributed by atoms with van der Waals surface area (Å²) in [6, 6.07) is 1.89. The van der Waals surface area contributed by atoms with Gasteiger partial charge in [-0.05, 0) is 30.3 Å². The van der Waals surface area contributed by atoms with E-state index in [1.54, 1.807) is 0 Å². The SMILES string of the molecule is COc1ccc(CCn2cc[nH]c2=S)c(C(F)(F)F)c1C(F)(F)F. The molecule has 1 aromatic heterocycles. The number of hydrogen-bond donors (Lipinski definition) is 1. The molecule has 24 heavy (non-hydrogen) atoms. The van der Waals surface area contributed by atoms with Crippen LogP contribution in [-0.4, -0.2) is 16.7 Å². The average molecular weight is 370 g/mol. The Bertz CT molecular complexity index is 775. The maximum atomic E-state index is 13.3. The Hall–Kier alpha value is -1.97. The van der Waals surface area contributed by atoms with E-state index < -0.39 is 34.8 Å². The molecule has 1 N–H and O–H groups in total. The molecule has 3 nitrogen and oxygen atoms in total. The molecule has 0 amide bonds. The average Bonchev–Trinajstić information content (AvgIpc) is 2.87. The van der Waals surface area contributed by atoms with E-state index in [0.29, 0.717) is 0 Å². The van der Waals surface area contributed by atoms with Crippen molar-refractivity contribution in [3.63, 3.8) is 0 Å². The van der Waals surface area contributed by atoms with E-state index in [1.165, 1.54) is 17.0 Å². The standard InChI is InChI=1S/C14H12F6N2OS/c1-23-9-3-2-8(4-6-22-7-5-21-12(22)24)10(13(15,16)17)11(9)14(18,19)20/h2-3,5,7H,4,6H2,1H3,(H,21,24). The maximum Gasteiger partial charge on any atom is 0.420 e. The van der Waals surface area contributed by atoms with Crippen LogP contribution in [0.1, 0.15) is 16.7 Å². The van der Waals surface area contributed by atoms with Crippen LogP contribution in [0.4, 0.5) is 26.3 Å². The van der Waals surface area contributed by atoms with Crippen molar-refractivity contribution in [1.29, 1.82) is 0 Å². The zero-order valence-corrected chi connectivity index (χ0v) is 13.1. The van der Waals surface area contributed by atoms with Crippen LogP contribution in [0.25, 0.3) is 0 Å². The lowest BCUT2D eigenvalue weighted by atomic mass is 9.96. The molecule has 0 fully saturated rings. The molecule has 2 aromatic rings. The number of H-pyrrole nitrogens is 1. The van der Waals surface area contributed by atoms with Gasteiger partial charge in [0.2, 0.25) is 0 Å². The molecule has 1 aromatic carbocycles. The topological polar surface area (TPSA) is 29.9 Å². The summed E-state index contributed by atoms with van der Waals surface area (Å²) in [5, 5.41) is 0. The van der Waals surface area contributed by atoms with Gasteiger partial charge in [0.25, 0.3) is 0 Å². The number of aromatic nitrogens is 2. The zero-order valence-electron chi connectivity index (χ0n) is 12.3. The van der Waals surface area contributed by atoms with E-state index in [-0.39, 0.29) is 17.7 Å². The number of hydrogen-bond acceptors (Lipinski definition) is 2. The van der Waals surface area contributed by atoms with Gasteiger partial charge in [-0.2, -0.15) is 26.3 Å². The van der Waals surface area contributed by atoms with Crippen molar-refractivity contribution < 1.29 is 31.1 Å². The highest BCUT2D eigenvalue weighted by Crippen LogP contribution is 2.46. The van der Waals surface area contributed by atoms with E-state index in [9.17, 15) is 26.3 Å². The molecule has 132 valence electrons. The van der Waals surface area contributed by atoms with Crippen molar-refractivity contribution in [3.8, 4) is 5.75 Å². The first kappa shape index (κ1) is 18.4. The summed E-state index contributed by atoms with van der Waals surface area (Å²) >= 11 is 4.92. The summed E-state index contributed by atoms with van der Waals surface area (Å²) in [7, 11) is 0.892. The number of alkyl halides is 6. The van der Waals surface area contributed by atoms with E-state index in [1.807, 2.05) is 0 Å². The summed E-state index contributed by atoms with van der Waals surface area (Å²) in [5.41, 5.74) is -4.01. The van der Waals surface area contributed by atoms with E-state index in [0.717, 1.165) is 19.2 Å². The first-order valence-corrected chi connectivity index (χ1v) is 7.04. The first-order chi connectivity index (χ1) is 11.1. The fourth-order valence-electron chi connectivity index (χ4n) is 2.38. The highest BCUT2D eigenvalue weighted by molar-refractivity contribution is 7.71. The Kier molecular flexibility index (Phi) is 4.97. The Morgan fingerprint density at radius 1 is 1.08 bits per heavy atom. The molecule has 10 heteroatoms. The van der Waals surface area contributed by atoms with Crippen molar-refractivity contribution >= 4 is 12.2 Å². The summed E-state index contributed by atoms with van der Waals surface area (Å²) in [6.45, 7) is 0.00897. The molecule has 0 saturated heterocycles. The molecular formula is C14H12F6N2OS. The third-order valence-electron chi connectivity index (χ3n) is 3.38. The van der Waals surface area contributed by atoms with Crippen LogP contribution in [-0.2, 0) is 25.3 Å². The Morgan fingerprint density at radius 2 is 1.71 bits per heavy atom. The van der Waals surface area contributed by atoms with Crippen LogP contribution >= 0.6 is 12.2 Å². The number of methoxy groups -OCH3 is 1. The monoisotopic (exact) mass is 370 g/mol. The molecule has 0 aliphatic heterocycles. The molecule has 0 aliphatic carbocycles. The number of aromatic amines is 1. The van der Waals surface area contributed by atoms with Gasteiger partial charge in [0.15, 0.2) is 4.77 Å². The predicted molar refractivity (Wildman–Crippen MR) is 76.3 cm³/mol. The molecule has 0 spiro atoms. The van der Waals surface area contributed by atoms with Gasteiger partial charge < -0.3 is 14.3 Å². The molecule has 0 bridgehead atoms. The minimum Gasteiger partial charge on any atom is -0.496 e. The van der Waals surface area contributed by atoms with Crippen LogP contribution in [0.3, 0.4) is 0 Å². The fraction of sp³-hybridized carbons (Fsp3) is 0.357. The highest BCUT2D eigenvalue weighted by Gasteiger charge is 2.47. The van der Waals surface area contributed by atoms with Crippen molar-refractivity contribution in [2.24, 2.45) is 0 Å². The van der Waals surface area contributed by atoms with Gasteiger partial charge >= 0.3 is 12.4 Å². The second-order valence-corrected chi connectivity index (χ2v) is 5.27. The fourth-order valence-corrected chi connectivity index (χ4v) is 2.60. The van der Waals surface area contributed by atoms with Crippen LogP contribution < -0.4 is 4.74 Å². The van der Waals surface area contributed by atoms with E-state index in [4.69, 9.17) is 12.2 Å². The molecule has 0 unspecified atom stereocenters. The van der Waals surface area contributed by atoms with Crippen LogP contribution in [0.15, 0.2) is 24.5 Å². The molecule has 0 saturated carbocycles. The van der Waals surface area contributed by atoms with Gasteiger partial charge in [-0.1, -0.05) is 6.07 Å². The number of nitrogens with zero attached hydrogens (tertiary/aromatic N) is 1. The van der Waals surface area contributed by atoms with Crippen LogP contribution in [0.5, 0.6) is 5.75 Å². The van der Waals surface area contributed by atoms with Gasteiger partial charge in [0.1, 0.15) is 11.3 Å². The second-order valence-electron chi connectivity index (χ2n) is 4.88. The summed E-state index contributed by atoms with van der Waals surface area (Å²) in [4.78, 5) is 2.66. The van der Waals surface area contributed by atoms with Gasteiger partial charge in [0.05, 0.1) is 12.7 Å². The van der Waals surface area contributed by atoms with Crippen LogP contribution in [0, 0.1) is 4.77 Å². The van der Waals surface area contributed by atoms with Gasteiger partial charge in [-0.25, -0.2) is 0 Å². The molecule has 0 radical (unpaired) electrons. The van der Waals surface area contributed by atoms with Gasteiger partial charge in [-0.3, -0.25) is 0 Å². The molecule has 1 heterocycles. The molecular weight excluding hydrogens is 358 g/mol. The number of ether oxygens (including phenoxy) is 1. The van der Waals surface area contributed by atoms with Crippen LogP contribution in [0.2, 0.25) is 0 Å². The molecule has 0 atom stereocenters. The second kappa shape index (κ2) is 6.50. The number of nitrogens with one attached hydrogen (secondary N) is 1. The maximum absolute atomic E-state index is 13.3. The van der Waals surface area contributed by atoms with Crippen molar-refractivity contribution in [2.45, 2.75) is 25.3 Å². The minimum absolute atomic E-state index is 0.00897. The summed E-state index contributed by atoms with van der Waals surface area (Å²) in [5.74, 6) is -0.864. The van der Waals surface area contributed by atoms with E-state index in [2.05, 4.69) is 9.72 Å². The quantitative estimate of drug-likeness (QED) is 0.617. The zero-order chi connectivity index (χ0) is 18.1. The number of rotatable bonds is 4. The summed E-state index contributed by atoms with van der Waals surface area (Å²) in [6.07, 6.45) is -7.65. The van der Waals surface area contributed by atoms with Crippen molar-refractivity contribution in [1.82, 2.24) is 9.55 Å². The lowest BCUT2D eigenvalue weighted by Crippen LogP contribution is -2.21. The largest absolute Gasteiger partial charge is 0.496 e. The predicted octanol–water partition coefficient (Wildman–Crippen LogP) is 4.83. The highest BCUT2D eigenvalue weighted by atomic mass is 32.1.